The van der Waals surface area contributed by atoms with Crippen molar-refractivity contribution in [2.45, 2.75) is 25.0 Å². The zero-order chi connectivity index (χ0) is 12.1. The maximum atomic E-state index is 5.87. The number of morpholine rings is 1. The number of rotatable bonds is 5. The fourth-order valence-corrected chi connectivity index (χ4v) is 3.05. The highest BCUT2D eigenvalue weighted by atomic mass is 32.1. The lowest BCUT2D eigenvalue weighted by Crippen LogP contribution is -2.50. The van der Waals surface area contributed by atoms with Crippen molar-refractivity contribution in [3.05, 3.63) is 22.4 Å². The topological polar surface area (TPSA) is 24.5 Å². The van der Waals surface area contributed by atoms with Gasteiger partial charge in [-0.05, 0) is 38.4 Å². The van der Waals surface area contributed by atoms with Crippen molar-refractivity contribution in [1.29, 1.82) is 0 Å². The minimum Gasteiger partial charge on any atom is -0.374 e. The highest BCUT2D eigenvalue weighted by Crippen LogP contribution is 2.16. The second-order valence-corrected chi connectivity index (χ2v) is 5.72. The van der Waals surface area contributed by atoms with E-state index < -0.39 is 0 Å². The Morgan fingerprint density at radius 3 is 3.18 bits per heavy atom. The van der Waals surface area contributed by atoms with E-state index >= 15 is 0 Å². The molecule has 1 aromatic rings. The normalized spacial score (nSPS) is 23.8. The van der Waals surface area contributed by atoms with E-state index in [9.17, 15) is 0 Å². The maximum absolute atomic E-state index is 5.87. The van der Waals surface area contributed by atoms with Crippen LogP contribution in [0.4, 0.5) is 0 Å². The lowest BCUT2D eigenvalue weighted by molar-refractivity contribution is -0.0385. The molecule has 0 aromatic carbocycles. The third-order valence-corrected chi connectivity index (χ3v) is 4.33. The average molecular weight is 254 g/mol. The van der Waals surface area contributed by atoms with E-state index in [0.717, 1.165) is 32.5 Å². The monoisotopic (exact) mass is 254 g/mol. The van der Waals surface area contributed by atoms with Crippen molar-refractivity contribution < 1.29 is 4.74 Å². The molecule has 96 valence electrons. The van der Waals surface area contributed by atoms with Crippen LogP contribution in [0.3, 0.4) is 0 Å². The summed E-state index contributed by atoms with van der Waals surface area (Å²) >= 11 is 1.84. The summed E-state index contributed by atoms with van der Waals surface area (Å²) in [4.78, 5) is 3.82. The molecule has 1 fully saturated rings. The van der Waals surface area contributed by atoms with Gasteiger partial charge in [-0.2, -0.15) is 0 Å². The quantitative estimate of drug-likeness (QED) is 0.864. The summed E-state index contributed by atoms with van der Waals surface area (Å²) in [6.45, 7) is 2.95. The molecule has 2 rings (SSSR count). The zero-order valence-electron chi connectivity index (χ0n) is 10.7. The van der Waals surface area contributed by atoms with Gasteiger partial charge in [-0.25, -0.2) is 0 Å². The Bertz CT molecular complexity index is 315. The van der Waals surface area contributed by atoms with Crippen LogP contribution in [0.5, 0.6) is 0 Å². The standard InChI is InChI=1S/C13H22N2OS/c1-14-12(6-5-11-4-3-9-17-11)13-10-15(2)7-8-16-13/h3-4,9,12-14H,5-8,10H2,1-2H3. The molecule has 0 amide bonds. The maximum Gasteiger partial charge on any atom is 0.0855 e. The van der Waals surface area contributed by atoms with Crippen LogP contribution >= 0.6 is 11.3 Å². The average Bonchev–Trinajstić information content (AvgIpc) is 2.83. The van der Waals surface area contributed by atoms with Crippen molar-refractivity contribution in [3.8, 4) is 0 Å². The molecule has 0 saturated carbocycles. The fourth-order valence-electron chi connectivity index (χ4n) is 2.32. The van der Waals surface area contributed by atoms with Crippen LogP contribution in [0.25, 0.3) is 0 Å². The lowest BCUT2D eigenvalue weighted by atomic mass is 10.0. The molecule has 1 saturated heterocycles. The van der Waals surface area contributed by atoms with Crippen LogP contribution in [0, 0.1) is 0 Å². The summed E-state index contributed by atoms with van der Waals surface area (Å²) in [5.41, 5.74) is 0. The van der Waals surface area contributed by atoms with Gasteiger partial charge in [0.1, 0.15) is 0 Å². The number of likely N-dealkylation sites (N-methyl/N-ethyl adjacent to an activating group) is 2. The molecule has 3 nitrogen and oxygen atoms in total. The predicted molar refractivity (Wildman–Crippen MR) is 72.7 cm³/mol. The molecule has 4 heteroatoms. The van der Waals surface area contributed by atoms with E-state index in [1.807, 2.05) is 18.4 Å². The molecule has 17 heavy (non-hydrogen) atoms. The van der Waals surface area contributed by atoms with Crippen LogP contribution < -0.4 is 5.32 Å². The van der Waals surface area contributed by atoms with Gasteiger partial charge in [0.25, 0.3) is 0 Å². The van der Waals surface area contributed by atoms with Crippen LogP contribution in [-0.2, 0) is 11.2 Å². The number of thiophene rings is 1. The van der Waals surface area contributed by atoms with E-state index in [4.69, 9.17) is 4.74 Å². The summed E-state index contributed by atoms with van der Waals surface area (Å²) in [6, 6.07) is 4.80. The molecule has 0 bridgehead atoms. The third-order valence-electron chi connectivity index (χ3n) is 3.40. The van der Waals surface area contributed by atoms with Gasteiger partial charge in [0.05, 0.1) is 12.7 Å². The minimum absolute atomic E-state index is 0.332. The van der Waals surface area contributed by atoms with Crippen LogP contribution in [-0.4, -0.2) is 50.8 Å². The number of nitrogens with zero attached hydrogens (tertiary/aromatic N) is 1. The second-order valence-electron chi connectivity index (χ2n) is 4.68. The van der Waals surface area contributed by atoms with Gasteiger partial charge in [0.2, 0.25) is 0 Å². The Kier molecular flexibility index (Phi) is 4.98. The molecule has 1 N–H and O–H groups in total. The highest BCUT2D eigenvalue weighted by molar-refractivity contribution is 7.09. The fraction of sp³-hybridized carbons (Fsp3) is 0.692. The van der Waals surface area contributed by atoms with Crippen molar-refractivity contribution in [1.82, 2.24) is 10.2 Å². The summed E-state index contributed by atoms with van der Waals surface area (Å²) in [5.74, 6) is 0. The molecule has 0 aliphatic carbocycles. The summed E-state index contributed by atoms with van der Waals surface area (Å²) in [5, 5.41) is 5.56. The van der Waals surface area contributed by atoms with Gasteiger partial charge in [-0.15, -0.1) is 11.3 Å². The highest BCUT2D eigenvalue weighted by Gasteiger charge is 2.25. The van der Waals surface area contributed by atoms with Crippen molar-refractivity contribution in [3.63, 3.8) is 0 Å². The number of aryl methyl sites for hydroxylation is 1. The number of ether oxygens (including phenoxy) is 1. The van der Waals surface area contributed by atoms with E-state index in [0.29, 0.717) is 12.1 Å². The van der Waals surface area contributed by atoms with Crippen LogP contribution in [0.15, 0.2) is 17.5 Å². The second kappa shape index (κ2) is 6.50. The molecule has 2 heterocycles. The van der Waals surface area contributed by atoms with Crippen molar-refractivity contribution >= 4 is 11.3 Å². The van der Waals surface area contributed by atoms with Crippen LogP contribution in [0.2, 0.25) is 0 Å². The van der Waals surface area contributed by atoms with E-state index in [-0.39, 0.29) is 0 Å². The van der Waals surface area contributed by atoms with Gasteiger partial charge in [0.15, 0.2) is 0 Å². The largest absolute Gasteiger partial charge is 0.374 e. The number of hydrogen-bond donors (Lipinski definition) is 1. The molecule has 1 aliphatic rings. The number of nitrogens with one attached hydrogen (secondary N) is 1. The van der Waals surface area contributed by atoms with Gasteiger partial charge < -0.3 is 15.0 Å². The van der Waals surface area contributed by atoms with E-state index in [1.165, 1.54) is 4.88 Å². The van der Waals surface area contributed by atoms with Gasteiger partial charge in [0, 0.05) is 24.0 Å². The summed E-state index contributed by atoms with van der Waals surface area (Å²) in [7, 11) is 4.21. The van der Waals surface area contributed by atoms with Crippen molar-refractivity contribution in [2.75, 3.05) is 33.8 Å². The molecular formula is C13H22N2OS. The third kappa shape index (κ3) is 3.78. The summed E-state index contributed by atoms with van der Waals surface area (Å²) in [6.07, 6.45) is 2.63. The first-order valence-corrected chi connectivity index (χ1v) is 7.17. The van der Waals surface area contributed by atoms with Crippen LogP contribution in [0.1, 0.15) is 11.3 Å². The molecule has 1 aliphatic heterocycles. The van der Waals surface area contributed by atoms with Gasteiger partial charge in [-0.1, -0.05) is 6.07 Å². The van der Waals surface area contributed by atoms with Gasteiger partial charge >= 0.3 is 0 Å². The molecule has 2 atom stereocenters. The Hall–Kier alpha value is -0.420. The molecule has 0 radical (unpaired) electrons. The van der Waals surface area contributed by atoms with Gasteiger partial charge in [-0.3, -0.25) is 0 Å². The minimum atomic E-state index is 0.332. The summed E-state index contributed by atoms with van der Waals surface area (Å²) < 4.78 is 5.87. The van der Waals surface area contributed by atoms with Crippen molar-refractivity contribution in [2.24, 2.45) is 0 Å². The molecule has 1 aromatic heterocycles. The van der Waals surface area contributed by atoms with E-state index in [2.05, 4.69) is 34.8 Å². The Morgan fingerprint density at radius 1 is 1.65 bits per heavy atom. The Morgan fingerprint density at radius 2 is 2.53 bits per heavy atom. The zero-order valence-corrected chi connectivity index (χ0v) is 11.5. The Balaban J connectivity index is 1.83. The Labute approximate surface area is 108 Å². The molecular weight excluding hydrogens is 232 g/mol. The first-order valence-electron chi connectivity index (χ1n) is 6.29. The van der Waals surface area contributed by atoms with E-state index in [1.54, 1.807) is 0 Å². The molecule has 2 unspecified atom stereocenters. The lowest BCUT2D eigenvalue weighted by Gasteiger charge is -2.35. The number of hydrogen-bond acceptors (Lipinski definition) is 4. The first-order chi connectivity index (χ1) is 8.29. The smallest absolute Gasteiger partial charge is 0.0855 e. The molecule has 0 spiro atoms. The predicted octanol–water partition coefficient (Wildman–Crippen LogP) is 1.60. The SMILES string of the molecule is CNC(CCc1cccs1)C1CN(C)CCO1. The first kappa shape index (κ1) is 13.0.